The lowest BCUT2D eigenvalue weighted by atomic mass is 9.89. The first-order valence-corrected chi connectivity index (χ1v) is 21.0. The molecule has 0 fully saturated rings. The Hall–Kier alpha value is -6.75. The first kappa shape index (κ1) is 44.3. The molecule has 7 aromatic rings. The summed E-state index contributed by atoms with van der Waals surface area (Å²) in [4.78, 5) is 51.0. The van der Waals surface area contributed by atoms with E-state index in [2.05, 4.69) is 35.2 Å². The van der Waals surface area contributed by atoms with Crippen LogP contribution in [0.15, 0.2) is 68.6 Å². The molecule has 7 rings (SSSR count). The number of amides is 1. The number of nitrogens with one attached hydrogen (secondary N) is 1. The zero-order valence-corrected chi connectivity index (χ0v) is 36.1. The van der Waals surface area contributed by atoms with Gasteiger partial charge in [-0.15, -0.1) is 0 Å². The van der Waals surface area contributed by atoms with Crippen LogP contribution in [0.4, 0.5) is 0 Å². The second kappa shape index (κ2) is 17.6. The van der Waals surface area contributed by atoms with E-state index in [1.807, 2.05) is 53.7 Å². The van der Waals surface area contributed by atoms with Gasteiger partial charge in [0.2, 0.25) is 35.3 Å². The summed E-state index contributed by atoms with van der Waals surface area (Å²) in [5, 5.41) is 21.3. The third kappa shape index (κ3) is 9.09. The van der Waals surface area contributed by atoms with Gasteiger partial charge in [-0.05, 0) is 48.3 Å². The highest BCUT2D eigenvalue weighted by atomic mass is 32.2. The lowest BCUT2D eigenvalue weighted by Gasteiger charge is -2.23. The Bertz CT molecular complexity index is 2870. The molecule has 0 aliphatic heterocycles. The number of carbonyl (C=O) groups excluding carboxylic acids is 1. The third-order valence-electron chi connectivity index (χ3n) is 9.78. The SMILES string of the molecule is Cc1oc(-c2nc([C@H](COS(=O)(=O)c3c(C(C)C)cc(C(C)C)cc3C(C)C)NC(=O)c3coc(-c4coc(-c5coc([C@@H](N)CO)n5)n4)n3)oc2C)nc1-c1nc(C(=O)O)co1. The van der Waals surface area contributed by atoms with Gasteiger partial charge in [0.25, 0.3) is 16.0 Å². The number of aliphatic hydroxyl groups is 1. The number of benzene rings is 1. The van der Waals surface area contributed by atoms with E-state index in [4.69, 9.17) is 36.4 Å². The van der Waals surface area contributed by atoms with Crippen LogP contribution in [0.5, 0.6) is 0 Å². The number of carbonyl (C=O) groups is 2. The zero-order valence-electron chi connectivity index (χ0n) is 35.3. The maximum atomic E-state index is 14.3. The van der Waals surface area contributed by atoms with E-state index >= 15 is 0 Å². The van der Waals surface area contributed by atoms with Crippen molar-refractivity contribution >= 4 is 22.0 Å². The quantitative estimate of drug-likeness (QED) is 0.0680. The number of aromatic nitrogens is 6. The van der Waals surface area contributed by atoms with Crippen molar-refractivity contribution in [2.45, 2.75) is 90.1 Å². The first-order valence-electron chi connectivity index (χ1n) is 19.6. The molecule has 1 aromatic carbocycles. The van der Waals surface area contributed by atoms with E-state index < -0.39 is 47.3 Å². The lowest BCUT2D eigenvalue weighted by Crippen LogP contribution is -2.33. The third-order valence-corrected chi connectivity index (χ3v) is 11.2. The normalized spacial score (nSPS) is 13.1. The summed E-state index contributed by atoms with van der Waals surface area (Å²) in [7, 11) is -4.50. The van der Waals surface area contributed by atoms with Gasteiger partial charge in [-0.1, -0.05) is 53.7 Å². The van der Waals surface area contributed by atoms with Gasteiger partial charge in [-0.3, -0.25) is 8.98 Å². The molecule has 0 saturated carbocycles. The molecule has 6 heterocycles. The average molecular weight is 889 g/mol. The summed E-state index contributed by atoms with van der Waals surface area (Å²) in [5.41, 5.74) is 7.79. The van der Waals surface area contributed by atoms with Crippen molar-refractivity contribution in [3.63, 3.8) is 0 Å². The van der Waals surface area contributed by atoms with Crippen molar-refractivity contribution in [1.82, 2.24) is 35.2 Å². The molecule has 63 heavy (non-hydrogen) atoms. The van der Waals surface area contributed by atoms with E-state index in [1.54, 1.807) is 13.8 Å². The number of hydrogen-bond acceptors (Lipinski definition) is 19. The van der Waals surface area contributed by atoms with Crippen LogP contribution >= 0.6 is 0 Å². The maximum absolute atomic E-state index is 14.3. The van der Waals surface area contributed by atoms with Gasteiger partial charge in [0.05, 0.1) is 13.2 Å². The topological polar surface area (TPSA) is 312 Å². The number of nitrogens with two attached hydrogens (primary N) is 1. The van der Waals surface area contributed by atoms with Gasteiger partial charge in [0.15, 0.2) is 34.2 Å². The molecule has 0 aliphatic carbocycles. The van der Waals surface area contributed by atoms with Crippen molar-refractivity contribution in [2.75, 3.05) is 13.2 Å². The fraction of sp³-hybridized carbons (Fsp3) is 0.366. The van der Waals surface area contributed by atoms with Crippen LogP contribution in [-0.2, 0) is 14.3 Å². The lowest BCUT2D eigenvalue weighted by molar-refractivity contribution is 0.0690. The predicted molar refractivity (Wildman–Crippen MR) is 217 cm³/mol. The molecule has 22 heteroatoms. The number of nitrogens with zero attached hydrogens (tertiary/aromatic N) is 6. The van der Waals surface area contributed by atoms with Crippen LogP contribution in [0.2, 0.25) is 0 Å². The number of aryl methyl sites for hydroxylation is 2. The van der Waals surface area contributed by atoms with E-state index in [0.717, 1.165) is 18.1 Å². The van der Waals surface area contributed by atoms with Gasteiger partial charge in [0, 0.05) is 0 Å². The summed E-state index contributed by atoms with van der Waals surface area (Å²) in [6.07, 6.45) is 4.49. The van der Waals surface area contributed by atoms with Gasteiger partial charge in [-0.2, -0.15) is 8.42 Å². The van der Waals surface area contributed by atoms with Gasteiger partial charge >= 0.3 is 5.97 Å². The summed E-state index contributed by atoms with van der Waals surface area (Å²) < 4.78 is 68.0. The smallest absolute Gasteiger partial charge is 0.357 e. The summed E-state index contributed by atoms with van der Waals surface area (Å²) in [5.74, 6) is -2.41. The van der Waals surface area contributed by atoms with Crippen LogP contribution in [0.1, 0.15) is 132 Å². The molecule has 332 valence electrons. The Morgan fingerprint density at radius 3 is 1.92 bits per heavy atom. The molecule has 2 atom stereocenters. The summed E-state index contributed by atoms with van der Waals surface area (Å²) in [6, 6.07) is 1.53. The fourth-order valence-corrected chi connectivity index (χ4v) is 7.96. The van der Waals surface area contributed by atoms with E-state index in [1.165, 1.54) is 12.5 Å². The highest BCUT2D eigenvalue weighted by Gasteiger charge is 2.33. The molecule has 0 saturated heterocycles. The second-order valence-corrected chi connectivity index (χ2v) is 17.0. The minimum Gasteiger partial charge on any atom is -0.476 e. The summed E-state index contributed by atoms with van der Waals surface area (Å²) in [6.45, 7) is 13.7. The molecular weight excluding hydrogens is 845 g/mol. The molecule has 0 radical (unpaired) electrons. The van der Waals surface area contributed by atoms with Crippen molar-refractivity contribution < 1.29 is 58.9 Å². The molecule has 21 nitrogen and oxygen atoms in total. The van der Waals surface area contributed by atoms with Gasteiger partial charge in [0.1, 0.15) is 53.6 Å². The van der Waals surface area contributed by atoms with Crippen molar-refractivity contribution in [1.29, 1.82) is 0 Å². The Morgan fingerprint density at radius 2 is 1.29 bits per heavy atom. The number of carboxylic acids is 1. The number of oxazole rings is 6. The Balaban J connectivity index is 1.21. The van der Waals surface area contributed by atoms with Crippen molar-refractivity contribution in [3.8, 4) is 46.3 Å². The van der Waals surface area contributed by atoms with E-state index in [0.29, 0.717) is 11.1 Å². The monoisotopic (exact) mass is 888 g/mol. The van der Waals surface area contributed by atoms with E-state index in [-0.39, 0.29) is 104 Å². The van der Waals surface area contributed by atoms with Crippen molar-refractivity contribution in [3.05, 3.63) is 88.6 Å². The minimum absolute atomic E-state index is 0.0155. The molecule has 0 spiro atoms. The van der Waals surface area contributed by atoms with Gasteiger partial charge < -0.3 is 47.8 Å². The standard InChI is InChI=1S/C41H44N8O13S/c1-17(2)22-9-23(18(3)4)33(24(10-22)19(5)6)63(54,55)60-16-29(38-48-32(21(8)61-38)40-49-31(20(7)62-40)39-47-30(15-59-39)41(52)53)43-34(51)26-12-57-36(44-26)28-14-58-37(46-28)27-13-56-35(45-27)25(42)11-50/h9-10,12-15,17-19,25,29,50H,11,16,42H2,1-8H3,(H,43,51)(H,52,53)/t25-,29-/m0/s1. The first-order chi connectivity index (χ1) is 29.8. The largest absolute Gasteiger partial charge is 0.476 e. The van der Waals surface area contributed by atoms with Gasteiger partial charge in [-0.25, -0.2) is 34.7 Å². The highest BCUT2D eigenvalue weighted by molar-refractivity contribution is 7.86. The van der Waals surface area contributed by atoms with Crippen LogP contribution in [0, 0.1) is 13.8 Å². The summed E-state index contributed by atoms with van der Waals surface area (Å²) >= 11 is 0. The predicted octanol–water partition coefficient (Wildman–Crippen LogP) is 6.84. The number of hydrogen-bond donors (Lipinski definition) is 4. The Kier molecular flexibility index (Phi) is 12.3. The number of carboxylic acid groups (broad SMARTS) is 1. The van der Waals surface area contributed by atoms with Crippen LogP contribution in [-0.4, -0.2) is 73.6 Å². The highest BCUT2D eigenvalue weighted by Crippen LogP contribution is 2.37. The second-order valence-electron chi connectivity index (χ2n) is 15.4. The molecular formula is C41H44N8O13S. The Morgan fingerprint density at radius 1 is 0.714 bits per heavy atom. The zero-order chi connectivity index (χ0) is 45.5. The number of rotatable bonds is 17. The molecule has 6 aromatic heterocycles. The molecule has 1 amide bonds. The molecule has 5 N–H and O–H groups in total. The van der Waals surface area contributed by atoms with E-state index in [9.17, 15) is 28.2 Å². The average Bonchev–Trinajstić information content (AvgIpc) is 4.09. The Labute approximate surface area is 359 Å². The molecule has 0 bridgehead atoms. The van der Waals surface area contributed by atoms with Crippen LogP contribution in [0.3, 0.4) is 0 Å². The number of aromatic carboxylic acids is 1. The molecule has 0 aliphatic rings. The maximum Gasteiger partial charge on any atom is 0.357 e. The fourth-order valence-electron chi connectivity index (χ4n) is 6.36. The number of aliphatic hydroxyl groups excluding tert-OH is 1. The minimum atomic E-state index is -4.50. The van der Waals surface area contributed by atoms with Crippen molar-refractivity contribution in [2.24, 2.45) is 5.73 Å². The van der Waals surface area contributed by atoms with Crippen LogP contribution in [0.25, 0.3) is 46.3 Å². The van der Waals surface area contributed by atoms with Crippen LogP contribution < -0.4 is 11.1 Å². The molecule has 0 unspecified atom stereocenters.